The number of amidine groups is 1. The molecule has 2 fully saturated rings. The van der Waals surface area contributed by atoms with Crippen LogP contribution in [0.15, 0.2) is 21.4 Å². The van der Waals surface area contributed by atoms with Gasteiger partial charge in [-0.05, 0) is 37.8 Å². The third-order valence-electron chi connectivity index (χ3n) is 5.40. The Morgan fingerprint density at radius 3 is 2.70 bits per heavy atom. The van der Waals surface area contributed by atoms with Gasteiger partial charge in [-0.1, -0.05) is 13.7 Å². The highest BCUT2D eigenvalue weighted by atomic mass is 32.2. The lowest BCUT2D eigenvalue weighted by atomic mass is 9.95. The van der Waals surface area contributed by atoms with Crippen molar-refractivity contribution in [1.29, 1.82) is 0 Å². The first-order chi connectivity index (χ1) is 16.7. The summed E-state index contributed by atoms with van der Waals surface area (Å²) in [5, 5.41) is 4.88. The molecule has 0 aromatic heterocycles. The second-order valence-corrected chi connectivity index (χ2v) is 9.21. The van der Waals surface area contributed by atoms with E-state index in [-0.39, 0.29) is 29.5 Å². The fourth-order valence-electron chi connectivity index (χ4n) is 3.89. The fourth-order valence-corrected chi connectivity index (χ4v) is 5.11. The molecule has 1 aromatic rings. The molecule has 11 heteroatoms. The minimum absolute atomic E-state index is 0.0646. The zero-order valence-corrected chi connectivity index (χ0v) is 16.4. The van der Waals surface area contributed by atoms with Crippen molar-refractivity contribution in [2.45, 2.75) is 68.6 Å². The van der Waals surface area contributed by atoms with Crippen LogP contribution >= 0.6 is 0 Å². The van der Waals surface area contributed by atoms with E-state index in [1.54, 1.807) is 0 Å². The molecule has 3 aliphatic rings. The maximum absolute atomic E-state index is 14.5. The highest BCUT2D eigenvalue weighted by Gasteiger charge is 2.48. The average Bonchev–Trinajstić information content (AvgIpc) is 3.56. The van der Waals surface area contributed by atoms with E-state index in [1.807, 2.05) is 0 Å². The molecule has 166 valence electrons. The Hall–Kier alpha value is -1.88. The molecule has 2 atom stereocenters. The van der Waals surface area contributed by atoms with E-state index in [1.165, 1.54) is 0 Å². The summed E-state index contributed by atoms with van der Waals surface area (Å²) in [4.78, 5) is 0.164. The molecule has 2 heterocycles. The lowest BCUT2D eigenvalue weighted by molar-refractivity contribution is -0.154. The number of nitrogens with zero attached hydrogens (tertiary/aromatic N) is 2. The molecule has 2 aliphatic heterocycles. The van der Waals surface area contributed by atoms with Crippen molar-refractivity contribution in [1.82, 2.24) is 5.32 Å². The maximum Gasteiger partial charge on any atom is 0.408 e. The molecule has 30 heavy (non-hydrogen) atoms. The molecular formula is C19H24F4N4O2S. The number of hydrogen-bond donors (Lipinski definition) is 2. The number of halogens is 4. The smallest absolute Gasteiger partial charge is 0.358 e. The Balaban J connectivity index is 1.71. The van der Waals surface area contributed by atoms with Gasteiger partial charge >= 0.3 is 6.18 Å². The number of piperidine rings is 1. The van der Waals surface area contributed by atoms with Crippen molar-refractivity contribution in [3.63, 3.8) is 0 Å². The number of benzene rings is 1. The lowest BCUT2D eigenvalue weighted by Gasteiger charge is -2.43. The minimum Gasteiger partial charge on any atom is -0.358 e. The van der Waals surface area contributed by atoms with Gasteiger partial charge in [-0.2, -0.15) is 21.6 Å². The molecule has 6 nitrogen and oxygen atoms in total. The SMILES string of the molecule is [2H]C([2H])([2H])C([2H])(N[C@@H]1CCN(c2cc(F)cc3c2NC(C2CC2)=NS3(=O)=O)[C@H](C(F)(F)F)C1)C([2H])([2H])[2H]. The Bertz CT molecular complexity index is 1200. The predicted molar refractivity (Wildman–Crippen MR) is 106 cm³/mol. The molecule has 1 saturated carbocycles. The van der Waals surface area contributed by atoms with Crippen molar-refractivity contribution in [3.8, 4) is 0 Å². The Labute approximate surface area is 182 Å². The second-order valence-electron chi connectivity index (χ2n) is 7.64. The summed E-state index contributed by atoms with van der Waals surface area (Å²) in [6.45, 7) is -7.24. The van der Waals surface area contributed by atoms with Crippen LogP contribution in [0.3, 0.4) is 0 Å². The predicted octanol–water partition coefficient (Wildman–Crippen LogP) is 3.65. The van der Waals surface area contributed by atoms with Gasteiger partial charge < -0.3 is 15.5 Å². The van der Waals surface area contributed by atoms with Crippen LogP contribution in [0.5, 0.6) is 0 Å². The topological polar surface area (TPSA) is 73.8 Å². The van der Waals surface area contributed by atoms with Crippen molar-refractivity contribution in [3.05, 3.63) is 17.9 Å². The average molecular weight is 456 g/mol. The highest BCUT2D eigenvalue weighted by molar-refractivity contribution is 7.90. The molecule has 1 saturated heterocycles. The number of sulfonamides is 1. The first kappa shape index (κ1) is 14.2. The zero-order chi connectivity index (χ0) is 27.8. The van der Waals surface area contributed by atoms with Gasteiger partial charge in [-0.15, -0.1) is 4.40 Å². The monoisotopic (exact) mass is 455 g/mol. The van der Waals surface area contributed by atoms with Crippen LogP contribution in [0, 0.1) is 11.7 Å². The van der Waals surface area contributed by atoms with E-state index in [2.05, 4.69) is 15.0 Å². The molecule has 0 amide bonds. The largest absolute Gasteiger partial charge is 0.408 e. The van der Waals surface area contributed by atoms with Crippen LogP contribution in [0.25, 0.3) is 0 Å². The third-order valence-corrected chi connectivity index (χ3v) is 6.71. The van der Waals surface area contributed by atoms with Gasteiger partial charge in [0.15, 0.2) is 0 Å². The van der Waals surface area contributed by atoms with Gasteiger partial charge in [0.05, 0.1) is 11.4 Å². The first-order valence-electron chi connectivity index (χ1n) is 12.8. The summed E-state index contributed by atoms with van der Waals surface area (Å²) >= 11 is 0. The van der Waals surface area contributed by atoms with E-state index in [0.717, 1.165) is 11.0 Å². The summed E-state index contributed by atoms with van der Waals surface area (Å²) in [7, 11) is -4.38. The van der Waals surface area contributed by atoms with Crippen molar-refractivity contribution in [2.75, 3.05) is 16.8 Å². The summed E-state index contributed by atoms with van der Waals surface area (Å²) in [6, 6.07) is -5.48. The first-order valence-corrected chi connectivity index (χ1v) is 10.7. The number of alkyl halides is 3. The second kappa shape index (κ2) is 7.37. The van der Waals surface area contributed by atoms with E-state index < -0.39 is 71.7 Å². The van der Waals surface area contributed by atoms with E-state index in [4.69, 9.17) is 9.60 Å². The van der Waals surface area contributed by atoms with Gasteiger partial charge in [0.25, 0.3) is 10.0 Å². The lowest BCUT2D eigenvalue weighted by Crippen LogP contribution is -2.56. The van der Waals surface area contributed by atoms with Gasteiger partial charge in [0, 0.05) is 34.1 Å². The molecule has 0 bridgehead atoms. The molecule has 1 aliphatic carbocycles. The quantitative estimate of drug-likeness (QED) is 0.678. The normalized spacial score (nSPS) is 30.9. The Morgan fingerprint density at radius 2 is 2.07 bits per heavy atom. The molecule has 1 aromatic carbocycles. The molecular weight excluding hydrogens is 424 g/mol. The number of anilines is 2. The highest BCUT2D eigenvalue weighted by Crippen LogP contribution is 2.44. The van der Waals surface area contributed by atoms with Gasteiger partial charge in [-0.25, -0.2) is 4.39 Å². The van der Waals surface area contributed by atoms with Gasteiger partial charge in [0.1, 0.15) is 22.6 Å². The van der Waals surface area contributed by atoms with E-state index in [9.17, 15) is 26.0 Å². The summed E-state index contributed by atoms with van der Waals surface area (Å²) in [5.74, 6) is -1.24. The number of rotatable bonds is 4. The van der Waals surface area contributed by atoms with Crippen LogP contribution in [-0.4, -0.2) is 45.1 Å². The van der Waals surface area contributed by atoms with Crippen molar-refractivity contribution < 1.29 is 35.6 Å². The van der Waals surface area contributed by atoms with Crippen LogP contribution < -0.4 is 15.5 Å². The van der Waals surface area contributed by atoms with E-state index >= 15 is 0 Å². The fraction of sp³-hybridized carbons (Fsp3) is 0.632. The van der Waals surface area contributed by atoms with Gasteiger partial charge in [0.2, 0.25) is 0 Å². The summed E-state index contributed by atoms with van der Waals surface area (Å²) < 4.78 is 139. The number of fused-ring (bicyclic) bond motifs is 1. The van der Waals surface area contributed by atoms with Crippen LogP contribution in [0.4, 0.5) is 28.9 Å². The summed E-state index contributed by atoms with van der Waals surface area (Å²) in [5.41, 5.74) is -0.602. The molecule has 0 unspecified atom stereocenters. The molecule has 4 rings (SSSR count). The number of nitrogens with one attached hydrogen (secondary N) is 2. The van der Waals surface area contributed by atoms with Crippen LogP contribution in [0.1, 0.15) is 49.0 Å². The van der Waals surface area contributed by atoms with Crippen LogP contribution in [-0.2, 0) is 10.0 Å². The Kier molecular flexibility index (Phi) is 3.49. The minimum atomic E-state index is -4.95. The zero-order valence-electron chi connectivity index (χ0n) is 22.6. The molecule has 0 radical (unpaired) electrons. The van der Waals surface area contributed by atoms with Gasteiger partial charge in [-0.3, -0.25) is 0 Å². The van der Waals surface area contributed by atoms with Crippen molar-refractivity contribution >= 4 is 27.2 Å². The Morgan fingerprint density at radius 1 is 1.33 bits per heavy atom. The molecule has 0 spiro atoms. The summed E-state index contributed by atoms with van der Waals surface area (Å²) in [6.07, 6.45) is -4.78. The van der Waals surface area contributed by atoms with Crippen LogP contribution in [0.2, 0.25) is 0 Å². The maximum atomic E-state index is 14.5. The van der Waals surface area contributed by atoms with E-state index in [0.29, 0.717) is 18.9 Å². The third kappa shape index (κ3) is 4.14. The van der Waals surface area contributed by atoms with Crippen molar-refractivity contribution in [2.24, 2.45) is 10.3 Å². The standard InChI is InChI=1S/C19H24F4N4O2S/c1-10(2)24-13-5-6-27(16(9-13)19(21,22)23)14-7-12(20)8-15-17(14)25-18(11-3-4-11)26-30(15,28)29/h7-8,10-11,13,16,24H,3-6,9H2,1-2H3,(H,25,26)/t13-,16+/m1/s1/i1D3,2D3,10D. The number of hydrogen-bond acceptors (Lipinski definition) is 5. The molecule has 2 N–H and O–H groups in total.